The lowest BCUT2D eigenvalue weighted by Gasteiger charge is -2.00. The van der Waals surface area contributed by atoms with E-state index in [-0.39, 0.29) is 22.7 Å². The van der Waals surface area contributed by atoms with Crippen LogP contribution in [-0.4, -0.2) is 37.4 Å². The molecule has 2 N–H and O–H groups in total. The van der Waals surface area contributed by atoms with Crippen molar-refractivity contribution in [2.24, 2.45) is 0 Å². The zero-order valence-corrected chi connectivity index (χ0v) is 7.73. The van der Waals surface area contributed by atoms with Gasteiger partial charge >= 0.3 is 0 Å². The molecule has 0 atom stereocenters. The van der Waals surface area contributed by atoms with Crippen molar-refractivity contribution in [3.05, 3.63) is 11.3 Å². The van der Waals surface area contributed by atoms with Crippen LogP contribution in [0.25, 0.3) is 0 Å². The molecule has 0 spiro atoms. The Morgan fingerprint density at radius 1 is 1.50 bits per heavy atom. The number of rotatable bonds is 4. The SMILES string of the molecule is OCC=C(CO)[Si]C(Cl)Cl. The third-order valence-electron chi connectivity index (χ3n) is 0.803. The van der Waals surface area contributed by atoms with Crippen molar-refractivity contribution in [2.45, 2.75) is 4.46 Å². The molecule has 0 rings (SSSR count). The fraction of sp³-hybridized carbons (Fsp3) is 0.600. The zero-order chi connectivity index (χ0) is 7.98. The molecule has 0 heterocycles. The summed E-state index contributed by atoms with van der Waals surface area (Å²) in [6.45, 7) is -0.168. The van der Waals surface area contributed by atoms with Crippen molar-refractivity contribution < 1.29 is 10.2 Å². The monoisotopic (exact) mass is 198 g/mol. The van der Waals surface area contributed by atoms with Crippen LogP contribution in [0.3, 0.4) is 0 Å². The molecule has 2 nitrogen and oxygen atoms in total. The third-order valence-corrected chi connectivity index (χ3v) is 2.41. The lowest BCUT2D eigenvalue weighted by molar-refractivity contribution is 0.325. The summed E-state index contributed by atoms with van der Waals surface area (Å²) in [6.07, 6.45) is 1.51. The Balaban J connectivity index is 3.71. The highest BCUT2D eigenvalue weighted by atomic mass is 35.5. The molecule has 0 amide bonds. The minimum atomic E-state index is -0.482. The first-order chi connectivity index (χ1) is 4.70. The van der Waals surface area contributed by atoms with Crippen molar-refractivity contribution in [3.8, 4) is 0 Å². The van der Waals surface area contributed by atoms with Gasteiger partial charge in [0.25, 0.3) is 0 Å². The van der Waals surface area contributed by atoms with Gasteiger partial charge in [0, 0.05) is 0 Å². The van der Waals surface area contributed by atoms with Crippen LogP contribution in [0.15, 0.2) is 11.3 Å². The number of aliphatic hydroxyl groups is 2. The highest BCUT2D eigenvalue weighted by molar-refractivity contribution is 6.72. The van der Waals surface area contributed by atoms with Crippen LogP contribution in [0, 0.1) is 0 Å². The average molecular weight is 199 g/mol. The van der Waals surface area contributed by atoms with Crippen molar-refractivity contribution in [1.29, 1.82) is 0 Å². The van der Waals surface area contributed by atoms with Gasteiger partial charge in [0.2, 0.25) is 0 Å². The molecular weight excluding hydrogens is 191 g/mol. The van der Waals surface area contributed by atoms with Crippen LogP contribution in [0.4, 0.5) is 0 Å². The summed E-state index contributed by atoms with van der Waals surface area (Å²) in [5.74, 6) is 0. The second-order valence-corrected chi connectivity index (χ2v) is 4.85. The van der Waals surface area contributed by atoms with Crippen molar-refractivity contribution in [2.75, 3.05) is 13.2 Å². The summed E-state index contributed by atoms with van der Waals surface area (Å²) in [5, 5.41) is 17.7. The Hall–Kier alpha value is 0.457. The molecule has 0 aromatic rings. The van der Waals surface area contributed by atoms with Crippen LogP contribution in [-0.2, 0) is 0 Å². The highest BCUT2D eigenvalue weighted by Gasteiger charge is 2.04. The number of halogens is 2. The number of aliphatic hydroxyl groups excluding tert-OH is 2. The van der Waals surface area contributed by atoms with E-state index < -0.39 is 4.46 Å². The topological polar surface area (TPSA) is 40.5 Å². The van der Waals surface area contributed by atoms with E-state index in [0.29, 0.717) is 5.20 Å². The van der Waals surface area contributed by atoms with Crippen LogP contribution < -0.4 is 0 Å². The van der Waals surface area contributed by atoms with Crippen LogP contribution in [0.1, 0.15) is 0 Å². The molecule has 2 radical (unpaired) electrons. The Morgan fingerprint density at radius 2 is 2.10 bits per heavy atom. The van der Waals surface area contributed by atoms with E-state index in [0.717, 1.165) is 0 Å². The quantitative estimate of drug-likeness (QED) is 0.505. The average Bonchev–Trinajstić information content (AvgIpc) is 1.86. The maximum Gasteiger partial charge on any atom is 0.121 e. The van der Waals surface area contributed by atoms with Crippen LogP contribution >= 0.6 is 23.2 Å². The van der Waals surface area contributed by atoms with E-state index in [1.54, 1.807) is 0 Å². The van der Waals surface area contributed by atoms with E-state index in [1.165, 1.54) is 6.08 Å². The fourth-order valence-corrected chi connectivity index (χ4v) is 1.84. The van der Waals surface area contributed by atoms with Gasteiger partial charge in [-0.2, -0.15) is 0 Å². The van der Waals surface area contributed by atoms with E-state index in [4.69, 9.17) is 33.4 Å². The highest BCUT2D eigenvalue weighted by Crippen LogP contribution is 2.03. The molecule has 58 valence electrons. The molecule has 0 fully saturated rings. The summed E-state index contributed by atoms with van der Waals surface area (Å²) in [5.41, 5.74) is 0. The van der Waals surface area contributed by atoms with E-state index in [1.807, 2.05) is 0 Å². The Labute approximate surface area is 72.3 Å². The predicted octanol–water partition coefficient (Wildman–Crippen LogP) is 0.320. The molecule has 0 aromatic carbocycles. The van der Waals surface area contributed by atoms with Gasteiger partial charge in [0.15, 0.2) is 0 Å². The maximum atomic E-state index is 8.62. The van der Waals surface area contributed by atoms with Gasteiger partial charge in [-0.25, -0.2) is 0 Å². The molecule has 10 heavy (non-hydrogen) atoms. The molecule has 5 heteroatoms. The molecule has 0 saturated heterocycles. The van der Waals surface area contributed by atoms with Gasteiger partial charge in [-0.05, 0) is 0 Å². The van der Waals surface area contributed by atoms with Crippen molar-refractivity contribution in [1.82, 2.24) is 0 Å². The minimum absolute atomic E-state index is 0.0800. The smallest absolute Gasteiger partial charge is 0.121 e. The molecule has 0 unspecified atom stereocenters. The largest absolute Gasteiger partial charge is 0.392 e. The standard InChI is InChI=1S/C5H8Cl2O2Si/c6-5(7)10-4(3-9)1-2-8/h1,5,8-9H,2-3H2. The van der Waals surface area contributed by atoms with Gasteiger partial charge in [-0.3, -0.25) is 0 Å². The second kappa shape index (κ2) is 6.19. The van der Waals surface area contributed by atoms with Crippen molar-refractivity contribution >= 4 is 32.7 Å². The molecular formula is C5H8Cl2O2Si. The van der Waals surface area contributed by atoms with Crippen LogP contribution in [0.2, 0.25) is 0 Å². The number of hydrogen-bond acceptors (Lipinski definition) is 2. The fourth-order valence-electron chi connectivity index (χ4n) is 0.419. The first kappa shape index (κ1) is 10.5. The van der Waals surface area contributed by atoms with Crippen LogP contribution in [0.5, 0.6) is 0 Å². The molecule has 0 aliphatic carbocycles. The van der Waals surface area contributed by atoms with Gasteiger partial charge in [-0.1, -0.05) is 11.3 Å². The van der Waals surface area contributed by atoms with Gasteiger partial charge in [0.05, 0.1) is 17.7 Å². The summed E-state index contributed by atoms with van der Waals surface area (Å²) >= 11 is 10.9. The third kappa shape index (κ3) is 5.26. The first-order valence-corrected chi connectivity index (χ1v) is 4.61. The first-order valence-electron chi connectivity index (χ1n) is 2.66. The number of hydrogen-bond donors (Lipinski definition) is 2. The lowest BCUT2D eigenvalue weighted by Crippen LogP contribution is -2.09. The van der Waals surface area contributed by atoms with E-state index in [2.05, 4.69) is 0 Å². The summed E-state index contributed by atoms with van der Waals surface area (Å²) < 4.78 is -0.482. The Bertz CT molecular complexity index is 116. The summed E-state index contributed by atoms with van der Waals surface area (Å²) in [6, 6.07) is 0. The van der Waals surface area contributed by atoms with Gasteiger partial charge < -0.3 is 10.2 Å². The Kier molecular flexibility index (Phi) is 6.47. The molecule has 0 aliphatic heterocycles. The normalized spacial score (nSPS) is 12.7. The minimum Gasteiger partial charge on any atom is -0.392 e. The van der Waals surface area contributed by atoms with Crippen molar-refractivity contribution in [3.63, 3.8) is 0 Å². The Morgan fingerprint density at radius 3 is 2.40 bits per heavy atom. The maximum absolute atomic E-state index is 8.62. The second-order valence-electron chi connectivity index (χ2n) is 1.52. The van der Waals surface area contributed by atoms with Gasteiger partial charge in [0.1, 0.15) is 9.52 Å². The predicted molar refractivity (Wildman–Crippen MR) is 43.5 cm³/mol. The van der Waals surface area contributed by atoms with E-state index in [9.17, 15) is 0 Å². The summed E-state index contributed by atoms with van der Waals surface area (Å²) in [4.78, 5) is 0. The molecule has 0 aliphatic rings. The van der Waals surface area contributed by atoms with E-state index >= 15 is 0 Å². The molecule has 0 saturated carbocycles. The van der Waals surface area contributed by atoms with Gasteiger partial charge in [-0.15, -0.1) is 23.2 Å². The zero-order valence-electron chi connectivity index (χ0n) is 5.22. The number of alkyl halides is 2. The lowest BCUT2D eigenvalue weighted by atomic mass is 10.5. The summed E-state index contributed by atoms with van der Waals surface area (Å²) in [7, 11) is 0.169. The molecule has 0 bridgehead atoms. The molecule has 0 aromatic heterocycles.